The topological polar surface area (TPSA) is 75.8 Å². The van der Waals surface area contributed by atoms with Gasteiger partial charge in [0.15, 0.2) is 0 Å². The fraction of sp³-hybridized carbons (Fsp3) is 0.667. The number of hydrogen-bond acceptors (Lipinski definition) is 3. The molecule has 2 fully saturated rings. The summed E-state index contributed by atoms with van der Waals surface area (Å²) >= 11 is 0. The summed E-state index contributed by atoms with van der Waals surface area (Å²) in [5.41, 5.74) is 8.18. The van der Waals surface area contributed by atoms with Crippen molar-refractivity contribution in [3.05, 3.63) is 29.3 Å². The van der Waals surface area contributed by atoms with Gasteiger partial charge in [-0.1, -0.05) is 30.5 Å². The largest absolute Gasteiger partial charge is 0.493 e. The first-order valence-corrected chi connectivity index (χ1v) is 10.0. The number of carbonyl (C=O) groups excluding carboxylic acids is 1. The van der Waals surface area contributed by atoms with Crippen molar-refractivity contribution in [3.63, 3.8) is 0 Å². The van der Waals surface area contributed by atoms with Crippen LogP contribution in [0.2, 0.25) is 0 Å². The summed E-state index contributed by atoms with van der Waals surface area (Å²) in [6.45, 7) is 2.67. The van der Waals surface area contributed by atoms with Gasteiger partial charge in [-0.25, -0.2) is 4.79 Å². The highest BCUT2D eigenvalue weighted by Gasteiger charge is 2.44. The molecule has 2 amide bonds. The number of urea groups is 1. The van der Waals surface area contributed by atoms with E-state index in [1.54, 1.807) is 0 Å². The highest BCUT2D eigenvalue weighted by Crippen LogP contribution is 2.46. The van der Waals surface area contributed by atoms with Crippen molar-refractivity contribution < 1.29 is 14.6 Å². The molecule has 2 saturated carbocycles. The lowest BCUT2D eigenvalue weighted by atomic mass is 9.67. The van der Waals surface area contributed by atoms with Crippen LogP contribution in [0.4, 0.5) is 4.79 Å². The van der Waals surface area contributed by atoms with Crippen LogP contribution in [-0.4, -0.2) is 34.8 Å². The Morgan fingerprint density at radius 3 is 2.88 bits per heavy atom. The molecule has 26 heavy (non-hydrogen) atoms. The van der Waals surface area contributed by atoms with E-state index in [1.165, 1.54) is 12.0 Å². The number of nitrogens with two attached hydrogens (primary N) is 1. The Kier molecular flexibility index (Phi) is 4.82. The quantitative estimate of drug-likeness (QED) is 0.849. The Morgan fingerprint density at radius 1 is 1.23 bits per heavy atom. The van der Waals surface area contributed by atoms with E-state index in [1.807, 2.05) is 17.0 Å². The van der Waals surface area contributed by atoms with Gasteiger partial charge in [-0.05, 0) is 50.5 Å². The van der Waals surface area contributed by atoms with Crippen LogP contribution in [0, 0.1) is 18.8 Å². The molecular weight excluding hydrogens is 328 g/mol. The molecule has 1 aromatic carbocycles. The Labute approximate surface area is 155 Å². The predicted molar refractivity (Wildman–Crippen MR) is 99.9 cm³/mol. The van der Waals surface area contributed by atoms with Gasteiger partial charge in [0.2, 0.25) is 0 Å². The zero-order valence-corrected chi connectivity index (χ0v) is 15.6. The number of nitrogens with zero attached hydrogens (tertiary/aromatic N) is 1. The van der Waals surface area contributed by atoms with Gasteiger partial charge in [-0.3, -0.25) is 0 Å². The molecule has 0 radical (unpaired) electrons. The number of primary amides is 1. The molecule has 3 aliphatic rings. The van der Waals surface area contributed by atoms with E-state index in [0.717, 1.165) is 49.8 Å². The number of fused-ring (bicyclic) bond motifs is 2. The normalized spacial score (nSPS) is 33.5. The fourth-order valence-corrected chi connectivity index (χ4v) is 5.56. The minimum absolute atomic E-state index is 0.0287. The number of carbonyl (C=O) groups is 1. The number of amides is 2. The lowest BCUT2D eigenvalue weighted by molar-refractivity contribution is -0.0108. The maximum Gasteiger partial charge on any atom is 0.315 e. The van der Waals surface area contributed by atoms with E-state index in [-0.39, 0.29) is 24.2 Å². The summed E-state index contributed by atoms with van der Waals surface area (Å²) in [5.74, 6) is 1.83. The van der Waals surface area contributed by atoms with E-state index in [2.05, 4.69) is 13.0 Å². The van der Waals surface area contributed by atoms with Gasteiger partial charge in [0.05, 0.1) is 18.8 Å². The van der Waals surface area contributed by atoms with Gasteiger partial charge in [0, 0.05) is 18.0 Å². The van der Waals surface area contributed by atoms with Crippen LogP contribution in [0.25, 0.3) is 0 Å². The molecule has 5 atom stereocenters. The third-order valence-corrected chi connectivity index (χ3v) is 6.71. The Balaban J connectivity index is 1.68. The minimum atomic E-state index is -0.338. The fourth-order valence-electron chi connectivity index (χ4n) is 5.56. The predicted octanol–water partition coefficient (Wildman–Crippen LogP) is 3.53. The van der Waals surface area contributed by atoms with Crippen LogP contribution in [0.15, 0.2) is 18.2 Å². The molecule has 0 spiro atoms. The van der Waals surface area contributed by atoms with Crippen molar-refractivity contribution in [1.29, 1.82) is 0 Å². The molecule has 4 rings (SSSR count). The van der Waals surface area contributed by atoms with Crippen LogP contribution in [0.1, 0.15) is 62.1 Å². The number of ether oxygens (including phenoxy) is 1. The van der Waals surface area contributed by atoms with Crippen molar-refractivity contribution in [3.8, 4) is 5.75 Å². The van der Waals surface area contributed by atoms with Gasteiger partial charge >= 0.3 is 6.03 Å². The Morgan fingerprint density at radius 2 is 2.08 bits per heavy atom. The zero-order valence-electron chi connectivity index (χ0n) is 15.6. The van der Waals surface area contributed by atoms with E-state index in [0.29, 0.717) is 18.4 Å². The lowest BCUT2D eigenvalue weighted by Crippen LogP contribution is -2.54. The second-order valence-corrected chi connectivity index (χ2v) is 8.33. The smallest absolute Gasteiger partial charge is 0.315 e. The molecule has 1 aliphatic heterocycles. The summed E-state index contributed by atoms with van der Waals surface area (Å²) in [6.07, 6.45) is 6.62. The first kappa shape index (κ1) is 17.7. The van der Waals surface area contributed by atoms with E-state index in [9.17, 15) is 9.90 Å². The summed E-state index contributed by atoms with van der Waals surface area (Å²) in [6, 6.07) is 5.94. The number of benzene rings is 1. The second kappa shape index (κ2) is 7.10. The number of rotatable bonds is 2. The van der Waals surface area contributed by atoms with Crippen LogP contribution in [-0.2, 0) is 0 Å². The van der Waals surface area contributed by atoms with E-state index < -0.39 is 0 Å². The number of aryl methyl sites for hydroxylation is 1. The molecule has 0 saturated heterocycles. The molecule has 5 heteroatoms. The molecule has 3 N–H and O–H groups in total. The third kappa shape index (κ3) is 3.18. The Bertz CT molecular complexity index is 677. The number of hydrogen-bond donors (Lipinski definition) is 2. The average molecular weight is 358 g/mol. The first-order chi connectivity index (χ1) is 12.5. The maximum absolute atomic E-state index is 12.6. The van der Waals surface area contributed by atoms with Crippen molar-refractivity contribution in [2.45, 2.75) is 70.1 Å². The monoisotopic (exact) mass is 358 g/mol. The molecule has 0 aromatic heterocycles. The number of aliphatic hydroxyl groups excluding tert-OH is 1. The first-order valence-electron chi connectivity index (χ1n) is 10.0. The SMILES string of the molecule is Cc1ccc2c(c1)C(N(C(N)=O)C1CCCC3CCC(O)CC31)CCO2. The molecule has 2 aliphatic carbocycles. The van der Waals surface area contributed by atoms with Crippen LogP contribution in [0.5, 0.6) is 5.75 Å². The van der Waals surface area contributed by atoms with Crippen molar-refractivity contribution in [1.82, 2.24) is 4.90 Å². The van der Waals surface area contributed by atoms with Gasteiger partial charge < -0.3 is 20.5 Å². The Hall–Kier alpha value is -1.75. The molecular formula is C21H30N2O3. The van der Waals surface area contributed by atoms with Crippen molar-refractivity contribution in [2.75, 3.05) is 6.61 Å². The summed E-state index contributed by atoms with van der Waals surface area (Å²) < 4.78 is 5.83. The molecule has 0 bridgehead atoms. The van der Waals surface area contributed by atoms with Crippen LogP contribution in [0.3, 0.4) is 0 Å². The third-order valence-electron chi connectivity index (χ3n) is 6.71. The summed E-state index contributed by atoms with van der Waals surface area (Å²) in [5, 5.41) is 10.2. The summed E-state index contributed by atoms with van der Waals surface area (Å²) in [4.78, 5) is 14.5. The van der Waals surface area contributed by atoms with Crippen molar-refractivity contribution >= 4 is 6.03 Å². The highest BCUT2D eigenvalue weighted by atomic mass is 16.5. The van der Waals surface area contributed by atoms with Crippen LogP contribution >= 0.6 is 0 Å². The van der Waals surface area contributed by atoms with Gasteiger partial charge in [-0.2, -0.15) is 0 Å². The minimum Gasteiger partial charge on any atom is -0.493 e. The van der Waals surface area contributed by atoms with Crippen molar-refractivity contribution in [2.24, 2.45) is 17.6 Å². The van der Waals surface area contributed by atoms with Crippen LogP contribution < -0.4 is 10.5 Å². The van der Waals surface area contributed by atoms with E-state index in [4.69, 9.17) is 10.5 Å². The number of aliphatic hydroxyl groups is 1. The standard InChI is InChI=1S/C21H30N2O3/c1-13-5-8-20-17(11-13)19(9-10-26-20)23(21(22)25)18-4-2-3-14-6-7-15(24)12-16(14)18/h5,8,11,14-16,18-19,24H,2-4,6-7,9-10,12H2,1H3,(H2,22,25). The molecule has 142 valence electrons. The average Bonchev–Trinajstić information content (AvgIpc) is 2.62. The van der Waals surface area contributed by atoms with Gasteiger partial charge in [0.25, 0.3) is 0 Å². The summed E-state index contributed by atoms with van der Waals surface area (Å²) in [7, 11) is 0. The van der Waals surface area contributed by atoms with Gasteiger partial charge in [0.1, 0.15) is 5.75 Å². The van der Waals surface area contributed by atoms with E-state index >= 15 is 0 Å². The molecule has 5 unspecified atom stereocenters. The van der Waals surface area contributed by atoms with Gasteiger partial charge in [-0.15, -0.1) is 0 Å². The highest BCUT2D eigenvalue weighted by molar-refractivity contribution is 5.73. The molecule has 1 aromatic rings. The molecule has 5 nitrogen and oxygen atoms in total. The molecule has 1 heterocycles. The zero-order chi connectivity index (χ0) is 18.3. The second-order valence-electron chi connectivity index (χ2n) is 8.33. The lowest BCUT2D eigenvalue weighted by Gasteiger charge is -2.49. The maximum atomic E-state index is 12.6.